The third-order valence-electron chi connectivity index (χ3n) is 5.32. The number of benzene rings is 2. The van der Waals surface area contributed by atoms with Gasteiger partial charge in [0.05, 0.1) is 17.6 Å². The van der Waals surface area contributed by atoms with Gasteiger partial charge >= 0.3 is 0 Å². The molecule has 0 atom stereocenters. The molecule has 0 aliphatic heterocycles. The summed E-state index contributed by atoms with van der Waals surface area (Å²) < 4.78 is 3.46. The van der Waals surface area contributed by atoms with Crippen molar-refractivity contribution in [3.63, 3.8) is 0 Å². The van der Waals surface area contributed by atoms with Gasteiger partial charge in [0.25, 0.3) is 5.56 Å². The lowest BCUT2D eigenvalue weighted by Gasteiger charge is -2.13. The van der Waals surface area contributed by atoms with Crippen LogP contribution in [0.25, 0.3) is 22.4 Å². The van der Waals surface area contributed by atoms with E-state index in [0.717, 1.165) is 23.6 Å². The molecule has 0 aliphatic rings. The second-order valence-corrected chi connectivity index (χ2v) is 7.10. The van der Waals surface area contributed by atoms with Gasteiger partial charge in [0, 0.05) is 6.42 Å². The minimum atomic E-state index is -0.0822. The van der Waals surface area contributed by atoms with Crippen LogP contribution in [0.3, 0.4) is 0 Å². The summed E-state index contributed by atoms with van der Waals surface area (Å²) in [6, 6.07) is 14.2. The summed E-state index contributed by atoms with van der Waals surface area (Å²) >= 11 is 0. The molecule has 0 amide bonds. The first-order valence-corrected chi connectivity index (χ1v) is 9.70. The molecule has 0 unspecified atom stereocenters. The Morgan fingerprint density at radius 2 is 1.61 bits per heavy atom. The lowest BCUT2D eigenvalue weighted by atomic mass is 10.1. The fourth-order valence-electron chi connectivity index (χ4n) is 3.44. The van der Waals surface area contributed by atoms with E-state index >= 15 is 0 Å². The van der Waals surface area contributed by atoms with E-state index in [1.54, 1.807) is 15.4 Å². The van der Waals surface area contributed by atoms with Crippen molar-refractivity contribution >= 4 is 11.0 Å². The number of hydrogen-bond donors (Lipinski definition) is 0. The molecule has 0 N–H and O–H groups in total. The number of hydrogen-bond acceptors (Lipinski definition) is 3. The molecule has 4 aromatic rings. The molecule has 4 rings (SSSR count). The number of aromatic nitrogens is 4. The molecule has 5 heteroatoms. The molecule has 142 valence electrons. The lowest BCUT2D eigenvalue weighted by Crippen LogP contribution is -2.23. The van der Waals surface area contributed by atoms with Gasteiger partial charge in [-0.3, -0.25) is 9.36 Å². The molecular weight excluding hydrogens is 348 g/mol. The minimum Gasteiger partial charge on any atom is -0.268 e. The van der Waals surface area contributed by atoms with Crippen molar-refractivity contribution in [1.29, 1.82) is 0 Å². The fourth-order valence-corrected chi connectivity index (χ4v) is 3.44. The van der Waals surface area contributed by atoms with Gasteiger partial charge in [-0.2, -0.15) is 5.10 Å². The summed E-state index contributed by atoms with van der Waals surface area (Å²) in [5.74, 6) is 0.729. The van der Waals surface area contributed by atoms with Crippen LogP contribution in [0.5, 0.6) is 0 Å². The van der Waals surface area contributed by atoms with Gasteiger partial charge < -0.3 is 0 Å². The SMILES string of the molecule is CCc1ccc(-n2c(CC)nc3c(cnn3-c3ccc(C)c(C)c3)c2=O)cc1. The Kier molecular flexibility index (Phi) is 4.59. The number of fused-ring (bicyclic) bond motifs is 1. The molecule has 2 aromatic heterocycles. The zero-order chi connectivity index (χ0) is 19.8. The first-order valence-electron chi connectivity index (χ1n) is 9.70. The maximum Gasteiger partial charge on any atom is 0.269 e. The van der Waals surface area contributed by atoms with Gasteiger partial charge in [-0.1, -0.05) is 32.0 Å². The highest BCUT2D eigenvalue weighted by molar-refractivity contribution is 5.76. The third kappa shape index (κ3) is 2.93. The van der Waals surface area contributed by atoms with Crippen molar-refractivity contribution in [3.05, 3.63) is 81.5 Å². The van der Waals surface area contributed by atoms with E-state index in [0.29, 0.717) is 17.5 Å². The highest BCUT2D eigenvalue weighted by atomic mass is 16.1. The summed E-state index contributed by atoms with van der Waals surface area (Å²) in [6.45, 7) is 8.29. The van der Waals surface area contributed by atoms with E-state index in [4.69, 9.17) is 4.98 Å². The molecule has 0 bridgehead atoms. The largest absolute Gasteiger partial charge is 0.269 e. The topological polar surface area (TPSA) is 52.7 Å². The highest BCUT2D eigenvalue weighted by Crippen LogP contribution is 2.19. The van der Waals surface area contributed by atoms with E-state index in [9.17, 15) is 4.79 Å². The van der Waals surface area contributed by atoms with Crippen LogP contribution in [0.1, 0.15) is 36.4 Å². The van der Waals surface area contributed by atoms with Crippen LogP contribution in [-0.4, -0.2) is 19.3 Å². The van der Waals surface area contributed by atoms with Gasteiger partial charge in [-0.15, -0.1) is 0 Å². The molecule has 0 radical (unpaired) electrons. The van der Waals surface area contributed by atoms with Gasteiger partial charge in [0.2, 0.25) is 0 Å². The molecule has 0 spiro atoms. The van der Waals surface area contributed by atoms with Crippen LogP contribution in [0.2, 0.25) is 0 Å². The van der Waals surface area contributed by atoms with Crippen LogP contribution in [0, 0.1) is 13.8 Å². The summed E-state index contributed by atoms with van der Waals surface area (Å²) in [4.78, 5) is 18.1. The van der Waals surface area contributed by atoms with E-state index in [1.807, 2.05) is 25.1 Å². The summed E-state index contributed by atoms with van der Waals surface area (Å²) in [5.41, 5.74) is 5.92. The average Bonchev–Trinajstić information content (AvgIpc) is 3.14. The quantitative estimate of drug-likeness (QED) is 0.536. The highest BCUT2D eigenvalue weighted by Gasteiger charge is 2.16. The van der Waals surface area contributed by atoms with Crippen molar-refractivity contribution in [1.82, 2.24) is 19.3 Å². The van der Waals surface area contributed by atoms with Gasteiger partial charge in [-0.05, 0) is 61.2 Å². The first kappa shape index (κ1) is 18.2. The number of aryl methyl sites for hydroxylation is 4. The molecule has 0 fully saturated rings. The maximum absolute atomic E-state index is 13.3. The summed E-state index contributed by atoms with van der Waals surface area (Å²) in [5, 5.41) is 5.00. The fraction of sp³-hybridized carbons (Fsp3) is 0.261. The van der Waals surface area contributed by atoms with E-state index < -0.39 is 0 Å². The van der Waals surface area contributed by atoms with Crippen molar-refractivity contribution in [2.75, 3.05) is 0 Å². The van der Waals surface area contributed by atoms with Crippen molar-refractivity contribution in [3.8, 4) is 11.4 Å². The van der Waals surface area contributed by atoms with Crippen LogP contribution in [-0.2, 0) is 12.8 Å². The predicted octanol–water partition coefficient (Wildman–Crippen LogP) is 4.31. The summed E-state index contributed by atoms with van der Waals surface area (Å²) in [7, 11) is 0. The van der Waals surface area contributed by atoms with Gasteiger partial charge in [-0.25, -0.2) is 9.67 Å². The number of nitrogens with zero attached hydrogens (tertiary/aromatic N) is 4. The smallest absolute Gasteiger partial charge is 0.268 e. The normalized spacial score (nSPS) is 11.3. The number of rotatable bonds is 4. The van der Waals surface area contributed by atoms with E-state index in [1.165, 1.54) is 16.7 Å². The molecule has 28 heavy (non-hydrogen) atoms. The van der Waals surface area contributed by atoms with Gasteiger partial charge in [0.1, 0.15) is 11.2 Å². The molecule has 5 nitrogen and oxygen atoms in total. The Morgan fingerprint density at radius 3 is 2.25 bits per heavy atom. The Hall–Kier alpha value is -3.21. The van der Waals surface area contributed by atoms with E-state index in [2.05, 4.69) is 50.1 Å². The van der Waals surface area contributed by atoms with Crippen LogP contribution < -0.4 is 5.56 Å². The Bertz CT molecular complexity index is 1220. The van der Waals surface area contributed by atoms with Crippen LogP contribution in [0.15, 0.2) is 53.5 Å². The molecule has 2 aromatic carbocycles. The maximum atomic E-state index is 13.3. The van der Waals surface area contributed by atoms with Gasteiger partial charge in [0.15, 0.2) is 5.65 Å². The third-order valence-corrected chi connectivity index (χ3v) is 5.32. The molecule has 0 aliphatic carbocycles. The molecule has 2 heterocycles. The monoisotopic (exact) mass is 372 g/mol. The standard InChI is InChI=1S/C23H24N4O/c1-5-17-8-11-18(12-9-17)26-21(6-2)25-22-20(23(26)28)14-24-27(22)19-10-7-15(3)16(4)13-19/h7-14H,5-6H2,1-4H3. The molecule has 0 saturated carbocycles. The second kappa shape index (κ2) is 7.08. The molecular formula is C23H24N4O. The van der Waals surface area contributed by atoms with Crippen molar-refractivity contribution < 1.29 is 0 Å². The van der Waals surface area contributed by atoms with Crippen LogP contribution >= 0.6 is 0 Å². The van der Waals surface area contributed by atoms with Crippen molar-refractivity contribution in [2.45, 2.75) is 40.5 Å². The van der Waals surface area contributed by atoms with Crippen LogP contribution in [0.4, 0.5) is 0 Å². The Labute approximate surface area is 164 Å². The zero-order valence-electron chi connectivity index (χ0n) is 16.7. The Balaban J connectivity index is 1.94. The zero-order valence-corrected chi connectivity index (χ0v) is 16.7. The predicted molar refractivity (Wildman–Crippen MR) is 113 cm³/mol. The lowest BCUT2D eigenvalue weighted by molar-refractivity contribution is 0.816. The first-order chi connectivity index (χ1) is 13.5. The Morgan fingerprint density at radius 1 is 0.893 bits per heavy atom. The van der Waals surface area contributed by atoms with E-state index in [-0.39, 0.29) is 5.56 Å². The molecule has 0 saturated heterocycles. The summed E-state index contributed by atoms with van der Waals surface area (Å²) in [6.07, 6.45) is 3.24. The van der Waals surface area contributed by atoms with Crippen molar-refractivity contribution in [2.24, 2.45) is 0 Å². The second-order valence-electron chi connectivity index (χ2n) is 7.10. The minimum absolute atomic E-state index is 0.0822. The average molecular weight is 372 g/mol.